The topological polar surface area (TPSA) is 36.0 Å². The van der Waals surface area contributed by atoms with Gasteiger partial charge < -0.3 is 9.64 Å². The quantitative estimate of drug-likeness (QED) is 0.733. The van der Waals surface area contributed by atoms with Crippen molar-refractivity contribution < 1.29 is 9.53 Å². The molecule has 166 valence electrons. The van der Waals surface area contributed by atoms with E-state index in [0.29, 0.717) is 0 Å². The second-order valence-corrected chi connectivity index (χ2v) is 10.1. The van der Waals surface area contributed by atoms with Crippen molar-refractivity contribution in [2.24, 2.45) is 0 Å². The van der Waals surface area contributed by atoms with Crippen LogP contribution >= 0.6 is 0 Å². The van der Waals surface area contributed by atoms with Crippen LogP contribution in [0.25, 0.3) is 0 Å². The molecule has 0 radical (unpaired) electrons. The monoisotopic (exact) mass is 421 g/mol. The van der Waals surface area contributed by atoms with Gasteiger partial charge in [0.15, 0.2) is 0 Å². The van der Waals surface area contributed by atoms with E-state index >= 15 is 0 Å². The molecule has 4 rings (SSSR count). The molecule has 0 aliphatic carbocycles. The Labute approximate surface area is 186 Å². The predicted molar refractivity (Wildman–Crippen MR) is 124 cm³/mol. The minimum absolute atomic E-state index is 0.141. The van der Waals surface area contributed by atoms with Crippen molar-refractivity contribution in [2.45, 2.75) is 44.9 Å². The fourth-order valence-electron chi connectivity index (χ4n) is 4.85. The van der Waals surface area contributed by atoms with Crippen molar-refractivity contribution in [1.29, 1.82) is 0 Å². The first-order valence-corrected chi connectivity index (χ1v) is 11.3. The Morgan fingerprint density at radius 2 is 1.35 bits per heavy atom. The molecule has 0 N–H and O–H groups in total. The predicted octanol–water partition coefficient (Wildman–Crippen LogP) is 4.40. The van der Waals surface area contributed by atoms with E-state index in [2.05, 4.69) is 77.4 Å². The smallest absolute Gasteiger partial charge is 0.410 e. The summed E-state index contributed by atoms with van der Waals surface area (Å²) in [6.45, 7) is 13.4. The maximum atomic E-state index is 12.4. The van der Waals surface area contributed by atoms with Crippen molar-refractivity contribution >= 4 is 6.09 Å². The molecule has 1 amide bonds. The second-order valence-electron chi connectivity index (χ2n) is 10.1. The maximum absolute atomic E-state index is 12.4. The van der Waals surface area contributed by atoms with E-state index in [1.165, 1.54) is 11.1 Å². The van der Waals surface area contributed by atoms with Crippen LogP contribution in [0, 0.1) is 0 Å². The van der Waals surface area contributed by atoms with Gasteiger partial charge in [-0.15, -0.1) is 0 Å². The van der Waals surface area contributed by atoms with Gasteiger partial charge in [0.1, 0.15) is 5.60 Å². The van der Waals surface area contributed by atoms with Gasteiger partial charge in [-0.1, -0.05) is 60.7 Å². The molecule has 0 unspecified atom stereocenters. The molecule has 0 aromatic heterocycles. The number of carbonyl (C=O) groups is 1. The molecule has 2 fully saturated rings. The summed E-state index contributed by atoms with van der Waals surface area (Å²) >= 11 is 0. The van der Waals surface area contributed by atoms with E-state index in [1.54, 1.807) is 0 Å². The highest BCUT2D eigenvalue weighted by molar-refractivity contribution is 5.68. The standard InChI is InChI=1S/C26H35N3O2/c1-25(2,3)31-24(30)27-15-17-29(18-16-27)26(4)19-28(20-26)23(21-11-7-5-8-12-21)22-13-9-6-10-14-22/h5-14,23H,15-20H2,1-4H3. The zero-order chi connectivity index (χ0) is 22.1. The van der Waals surface area contributed by atoms with Gasteiger partial charge in [0.05, 0.1) is 6.04 Å². The molecular formula is C26H35N3O2. The van der Waals surface area contributed by atoms with Gasteiger partial charge in [0.2, 0.25) is 0 Å². The van der Waals surface area contributed by atoms with Crippen LogP contribution in [0.2, 0.25) is 0 Å². The Bertz CT molecular complexity index is 825. The summed E-state index contributed by atoms with van der Waals surface area (Å²) in [6, 6.07) is 21.9. The largest absolute Gasteiger partial charge is 0.444 e. The average Bonchev–Trinajstić information content (AvgIpc) is 2.73. The van der Waals surface area contributed by atoms with Crippen LogP contribution in [0.3, 0.4) is 0 Å². The molecule has 0 spiro atoms. The molecule has 2 aliphatic heterocycles. The first-order chi connectivity index (χ1) is 14.8. The van der Waals surface area contributed by atoms with Crippen molar-refractivity contribution in [1.82, 2.24) is 14.7 Å². The van der Waals surface area contributed by atoms with Crippen LogP contribution < -0.4 is 0 Å². The Morgan fingerprint density at radius 3 is 1.81 bits per heavy atom. The van der Waals surface area contributed by atoms with Gasteiger partial charge in [-0.2, -0.15) is 0 Å². The number of piperazine rings is 1. The number of amides is 1. The number of carbonyl (C=O) groups excluding carboxylic acids is 1. The van der Waals surface area contributed by atoms with Crippen LogP contribution in [0.5, 0.6) is 0 Å². The number of benzene rings is 2. The molecule has 5 nitrogen and oxygen atoms in total. The second kappa shape index (κ2) is 8.64. The summed E-state index contributed by atoms with van der Waals surface area (Å²) in [5.41, 5.74) is 2.37. The van der Waals surface area contributed by atoms with Gasteiger partial charge in [-0.25, -0.2) is 4.79 Å². The SMILES string of the molecule is CC(C)(C)OC(=O)N1CCN(C2(C)CN(C(c3ccccc3)c3ccccc3)C2)CC1. The molecule has 0 atom stereocenters. The van der Waals surface area contributed by atoms with E-state index in [0.717, 1.165) is 39.3 Å². The average molecular weight is 422 g/mol. The lowest BCUT2D eigenvalue weighted by molar-refractivity contribution is -0.0755. The molecule has 31 heavy (non-hydrogen) atoms. The highest BCUT2D eigenvalue weighted by Crippen LogP contribution is 2.38. The number of hydrogen-bond acceptors (Lipinski definition) is 4. The molecule has 2 saturated heterocycles. The highest BCUT2D eigenvalue weighted by Gasteiger charge is 2.47. The summed E-state index contributed by atoms with van der Waals surface area (Å²) in [5, 5.41) is 0. The molecule has 5 heteroatoms. The molecule has 0 bridgehead atoms. The molecule has 2 aromatic rings. The third kappa shape index (κ3) is 4.94. The van der Waals surface area contributed by atoms with Gasteiger partial charge >= 0.3 is 6.09 Å². The minimum atomic E-state index is -0.446. The van der Waals surface area contributed by atoms with Gasteiger partial charge in [0.25, 0.3) is 0 Å². The maximum Gasteiger partial charge on any atom is 0.410 e. The van der Waals surface area contributed by atoms with Crippen LogP contribution in [-0.2, 0) is 4.74 Å². The first kappa shape index (κ1) is 21.8. The lowest BCUT2D eigenvalue weighted by Gasteiger charge is -2.58. The van der Waals surface area contributed by atoms with Crippen LogP contribution in [0.15, 0.2) is 60.7 Å². The lowest BCUT2D eigenvalue weighted by atomic mass is 9.84. The summed E-state index contributed by atoms with van der Waals surface area (Å²) in [4.78, 5) is 19.4. The molecule has 2 aromatic carbocycles. The third-order valence-electron chi connectivity index (χ3n) is 6.38. The van der Waals surface area contributed by atoms with Gasteiger partial charge in [-0.05, 0) is 38.8 Å². The first-order valence-electron chi connectivity index (χ1n) is 11.3. The summed E-state index contributed by atoms with van der Waals surface area (Å²) in [6.07, 6.45) is -0.194. The van der Waals surface area contributed by atoms with Crippen molar-refractivity contribution in [3.63, 3.8) is 0 Å². The fourth-order valence-corrected chi connectivity index (χ4v) is 4.85. The van der Waals surface area contributed by atoms with Crippen LogP contribution in [0.4, 0.5) is 4.79 Å². The van der Waals surface area contributed by atoms with E-state index in [9.17, 15) is 4.79 Å². The third-order valence-corrected chi connectivity index (χ3v) is 6.38. The number of likely N-dealkylation sites (tertiary alicyclic amines) is 1. The number of hydrogen-bond donors (Lipinski definition) is 0. The molecule has 0 saturated carbocycles. The van der Waals surface area contributed by atoms with Crippen molar-refractivity contribution in [3.8, 4) is 0 Å². The lowest BCUT2D eigenvalue weighted by Crippen LogP contribution is -2.71. The summed E-state index contributed by atoms with van der Waals surface area (Å²) < 4.78 is 5.55. The molecule has 2 aliphatic rings. The van der Waals surface area contributed by atoms with Crippen LogP contribution in [-0.4, -0.2) is 71.2 Å². The Hall–Kier alpha value is -2.37. The highest BCUT2D eigenvalue weighted by atomic mass is 16.6. The van der Waals surface area contributed by atoms with E-state index in [-0.39, 0.29) is 17.7 Å². The normalized spacial score (nSPS) is 19.8. The number of nitrogens with zero attached hydrogens (tertiary/aromatic N) is 3. The summed E-state index contributed by atoms with van der Waals surface area (Å²) in [7, 11) is 0. The van der Waals surface area contributed by atoms with Crippen molar-refractivity contribution in [3.05, 3.63) is 71.8 Å². The molecular weight excluding hydrogens is 386 g/mol. The fraction of sp³-hybridized carbons (Fsp3) is 0.500. The van der Waals surface area contributed by atoms with E-state index in [1.807, 2.05) is 25.7 Å². The van der Waals surface area contributed by atoms with E-state index in [4.69, 9.17) is 4.74 Å². The van der Waals surface area contributed by atoms with Crippen LogP contribution in [0.1, 0.15) is 44.9 Å². The minimum Gasteiger partial charge on any atom is -0.444 e. The van der Waals surface area contributed by atoms with E-state index < -0.39 is 5.60 Å². The molecule has 2 heterocycles. The number of rotatable bonds is 4. The Kier molecular flexibility index (Phi) is 6.09. The number of ether oxygens (including phenoxy) is 1. The Balaban J connectivity index is 1.39. The Morgan fingerprint density at radius 1 is 0.871 bits per heavy atom. The zero-order valence-electron chi connectivity index (χ0n) is 19.3. The van der Waals surface area contributed by atoms with Crippen molar-refractivity contribution in [2.75, 3.05) is 39.3 Å². The van der Waals surface area contributed by atoms with Gasteiger partial charge in [0, 0.05) is 44.8 Å². The zero-order valence-corrected chi connectivity index (χ0v) is 19.3. The van der Waals surface area contributed by atoms with Gasteiger partial charge in [-0.3, -0.25) is 9.80 Å². The summed E-state index contributed by atoms with van der Waals surface area (Å²) in [5.74, 6) is 0.